The largest absolute Gasteiger partial charge is 1.00 e. The molecule has 0 heterocycles. The second-order valence-corrected chi connectivity index (χ2v) is 3.97. The Bertz CT molecular complexity index is 351. The first kappa shape index (κ1) is 16.1. The Balaban J connectivity index is 0.00000225. The first-order chi connectivity index (χ1) is 6.89. The molecule has 1 aromatic rings. The summed E-state index contributed by atoms with van der Waals surface area (Å²) in [5.74, 6) is -0.0780. The monoisotopic (exact) mass is 260 g/mol. The summed E-state index contributed by atoms with van der Waals surface area (Å²) < 4.78 is 56.8. The van der Waals surface area contributed by atoms with Crippen LogP contribution in [0.3, 0.4) is 0 Å². The van der Waals surface area contributed by atoms with Crippen LogP contribution in [-0.4, -0.2) is 14.5 Å². The van der Waals surface area contributed by atoms with Gasteiger partial charge in [-0.25, -0.2) is 0 Å². The van der Waals surface area contributed by atoms with E-state index in [4.69, 9.17) is 0 Å². The van der Waals surface area contributed by atoms with Crippen LogP contribution in [0.5, 0.6) is 0 Å². The molecule has 0 N–H and O–H groups in total. The van der Waals surface area contributed by atoms with Crippen LogP contribution in [0.4, 0.5) is 13.2 Å². The minimum atomic E-state index is -4.35. The van der Waals surface area contributed by atoms with E-state index in [2.05, 4.69) is 0 Å². The molecule has 7 heteroatoms. The van der Waals surface area contributed by atoms with E-state index >= 15 is 0 Å². The molecule has 84 valence electrons. The molecule has 1 rings (SSSR count). The zero-order valence-corrected chi connectivity index (χ0v) is 11.4. The van der Waals surface area contributed by atoms with Crippen molar-refractivity contribution < 1.29 is 51.5 Å². The van der Waals surface area contributed by atoms with Gasteiger partial charge in [0, 0.05) is 5.75 Å². The summed E-state index contributed by atoms with van der Waals surface area (Å²) in [5.41, 5.74) is -0.151. The zero-order chi connectivity index (χ0) is 11.5. The van der Waals surface area contributed by atoms with Crippen molar-refractivity contribution >= 4 is 11.1 Å². The quantitative estimate of drug-likeness (QED) is 0.523. The summed E-state index contributed by atoms with van der Waals surface area (Å²) in [6.07, 6.45) is -4.12. The van der Waals surface area contributed by atoms with Crippen molar-refractivity contribution in [2.24, 2.45) is 0 Å². The van der Waals surface area contributed by atoms with Crippen LogP contribution >= 0.6 is 0 Å². The van der Waals surface area contributed by atoms with Gasteiger partial charge in [0.05, 0.1) is 5.56 Å². The minimum Gasteiger partial charge on any atom is -0.772 e. The van der Waals surface area contributed by atoms with Crippen LogP contribution in [0.1, 0.15) is 11.1 Å². The van der Waals surface area contributed by atoms with Crippen LogP contribution in [0.2, 0.25) is 0 Å². The Hall–Kier alpha value is 0.120. The average Bonchev–Trinajstić information content (AvgIpc) is 2.14. The SMILES string of the molecule is O=S([O-])CCc1ccc(C(F)(F)F)cc1.[Na+]. The van der Waals surface area contributed by atoms with Crippen LogP contribution in [0.15, 0.2) is 24.3 Å². The van der Waals surface area contributed by atoms with Gasteiger partial charge in [-0.1, -0.05) is 23.2 Å². The predicted octanol–water partition coefficient (Wildman–Crippen LogP) is -0.869. The summed E-state index contributed by atoms with van der Waals surface area (Å²) in [4.78, 5) is 0. The van der Waals surface area contributed by atoms with E-state index in [1.807, 2.05) is 0 Å². The fraction of sp³-hybridized carbons (Fsp3) is 0.333. The summed E-state index contributed by atoms with van der Waals surface area (Å²) in [6.45, 7) is 0. The van der Waals surface area contributed by atoms with Gasteiger partial charge >= 0.3 is 35.7 Å². The summed E-state index contributed by atoms with van der Waals surface area (Å²) in [6, 6.07) is 4.47. The fourth-order valence-electron chi connectivity index (χ4n) is 1.06. The van der Waals surface area contributed by atoms with E-state index in [0.717, 1.165) is 12.1 Å². The molecule has 0 bridgehead atoms. The molecule has 0 saturated heterocycles. The summed E-state index contributed by atoms with van der Waals surface area (Å²) >= 11 is -2.16. The van der Waals surface area contributed by atoms with Crippen LogP contribution in [-0.2, 0) is 23.7 Å². The van der Waals surface area contributed by atoms with E-state index in [0.29, 0.717) is 5.56 Å². The summed E-state index contributed by atoms with van der Waals surface area (Å²) in [7, 11) is 0. The Morgan fingerprint density at radius 2 is 1.69 bits per heavy atom. The molecule has 1 unspecified atom stereocenters. The number of alkyl halides is 3. The number of rotatable bonds is 3. The zero-order valence-electron chi connectivity index (χ0n) is 8.58. The number of aryl methyl sites for hydroxylation is 1. The molecule has 0 saturated carbocycles. The fourth-order valence-corrected chi connectivity index (χ4v) is 1.46. The van der Waals surface area contributed by atoms with Gasteiger partial charge in [-0.2, -0.15) is 13.2 Å². The normalized spacial score (nSPS) is 13.0. The van der Waals surface area contributed by atoms with Gasteiger partial charge in [0.15, 0.2) is 0 Å². The molecule has 0 aliphatic heterocycles. The number of halogens is 3. The number of hydrogen-bond acceptors (Lipinski definition) is 2. The maximum absolute atomic E-state index is 12.1. The number of benzene rings is 1. The predicted molar refractivity (Wildman–Crippen MR) is 48.9 cm³/mol. The average molecular weight is 260 g/mol. The second-order valence-electron chi connectivity index (χ2n) is 2.95. The minimum absolute atomic E-state index is 0. The molecular weight excluding hydrogens is 252 g/mol. The molecule has 0 aromatic heterocycles. The number of hydrogen-bond donors (Lipinski definition) is 0. The van der Waals surface area contributed by atoms with Gasteiger partial charge in [0.1, 0.15) is 0 Å². The molecule has 0 radical (unpaired) electrons. The van der Waals surface area contributed by atoms with Crippen LogP contribution in [0.25, 0.3) is 0 Å². The van der Waals surface area contributed by atoms with E-state index in [-0.39, 0.29) is 41.7 Å². The van der Waals surface area contributed by atoms with Gasteiger partial charge in [-0.15, -0.1) is 0 Å². The topological polar surface area (TPSA) is 40.1 Å². The third-order valence-electron chi connectivity index (χ3n) is 1.84. The van der Waals surface area contributed by atoms with Gasteiger partial charge in [-0.05, 0) is 24.1 Å². The first-order valence-corrected chi connectivity index (χ1v) is 5.36. The molecule has 0 spiro atoms. The van der Waals surface area contributed by atoms with E-state index in [1.54, 1.807) is 0 Å². The van der Waals surface area contributed by atoms with E-state index < -0.39 is 22.8 Å². The molecule has 1 aromatic carbocycles. The second kappa shape index (κ2) is 6.76. The Kier molecular flexibility index (Phi) is 6.81. The van der Waals surface area contributed by atoms with Gasteiger partial charge < -0.3 is 4.55 Å². The third kappa shape index (κ3) is 5.45. The van der Waals surface area contributed by atoms with Gasteiger partial charge in [0.2, 0.25) is 0 Å². The molecule has 0 fully saturated rings. The van der Waals surface area contributed by atoms with Crippen molar-refractivity contribution in [2.75, 3.05) is 5.75 Å². The molecular formula is C9H8F3NaO2S. The Morgan fingerprint density at radius 1 is 1.19 bits per heavy atom. The maximum Gasteiger partial charge on any atom is 1.00 e. The Labute approximate surface area is 116 Å². The molecule has 0 aliphatic carbocycles. The van der Waals surface area contributed by atoms with Crippen molar-refractivity contribution in [3.05, 3.63) is 35.4 Å². The maximum atomic E-state index is 12.1. The molecule has 1 atom stereocenters. The molecule has 16 heavy (non-hydrogen) atoms. The Morgan fingerprint density at radius 3 is 2.06 bits per heavy atom. The molecule has 0 aliphatic rings. The van der Waals surface area contributed by atoms with Gasteiger partial charge in [-0.3, -0.25) is 4.21 Å². The first-order valence-electron chi connectivity index (χ1n) is 4.11. The van der Waals surface area contributed by atoms with Gasteiger partial charge in [0.25, 0.3) is 0 Å². The van der Waals surface area contributed by atoms with Crippen molar-refractivity contribution in [2.45, 2.75) is 12.6 Å². The van der Waals surface area contributed by atoms with E-state index in [1.165, 1.54) is 12.1 Å². The van der Waals surface area contributed by atoms with E-state index in [9.17, 15) is 21.9 Å². The smallest absolute Gasteiger partial charge is 0.772 e. The molecule has 2 nitrogen and oxygen atoms in total. The van der Waals surface area contributed by atoms with Crippen LogP contribution in [0, 0.1) is 0 Å². The third-order valence-corrected chi connectivity index (χ3v) is 2.38. The van der Waals surface area contributed by atoms with Crippen LogP contribution < -0.4 is 29.6 Å². The van der Waals surface area contributed by atoms with Crippen molar-refractivity contribution in [1.29, 1.82) is 0 Å². The van der Waals surface area contributed by atoms with Crippen molar-refractivity contribution in [1.82, 2.24) is 0 Å². The standard InChI is InChI=1S/C9H9F3O2S.Na/c10-9(11,12)8-3-1-7(2-4-8)5-6-15(13)14;/h1-4H,5-6H2,(H,13,14);/q;+1/p-1. The molecule has 0 amide bonds. The summed E-state index contributed by atoms with van der Waals surface area (Å²) in [5, 5.41) is 0. The van der Waals surface area contributed by atoms with Crippen molar-refractivity contribution in [3.8, 4) is 0 Å². The van der Waals surface area contributed by atoms with Crippen molar-refractivity contribution in [3.63, 3.8) is 0 Å².